The maximum absolute atomic E-state index is 13.1. The lowest BCUT2D eigenvalue weighted by Gasteiger charge is -2.33. The Morgan fingerprint density at radius 2 is 1.77 bits per heavy atom. The van der Waals surface area contributed by atoms with E-state index in [9.17, 15) is 14.4 Å². The normalized spacial score (nSPS) is 12.3. The van der Waals surface area contributed by atoms with Gasteiger partial charge >= 0.3 is 6.09 Å². The Bertz CT molecular complexity index is 725. The number of carbonyl (C=O) groups is 3. The van der Waals surface area contributed by atoms with Crippen LogP contribution in [0.25, 0.3) is 0 Å². The number of benzene rings is 1. The molecule has 0 aliphatic rings. The Kier molecular flexibility index (Phi) is 9.82. The van der Waals surface area contributed by atoms with Crippen LogP contribution in [-0.4, -0.2) is 47.5 Å². The van der Waals surface area contributed by atoms with Crippen molar-refractivity contribution in [3.63, 3.8) is 0 Å². The second-order valence-corrected chi connectivity index (χ2v) is 8.72. The summed E-state index contributed by atoms with van der Waals surface area (Å²) in [7, 11) is 0. The molecule has 7 nitrogen and oxygen atoms in total. The predicted octanol–water partition coefficient (Wildman–Crippen LogP) is 3.71. The van der Waals surface area contributed by atoms with Crippen molar-refractivity contribution in [2.45, 2.75) is 79.0 Å². The summed E-state index contributed by atoms with van der Waals surface area (Å²) in [5, 5.41) is 5.44. The van der Waals surface area contributed by atoms with Crippen LogP contribution in [0.3, 0.4) is 0 Å². The first-order chi connectivity index (χ1) is 14.0. The smallest absolute Gasteiger partial charge is 0.408 e. The summed E-state index contributed by atoms with van der Waals surface area (Å²) in [5.74, 6) is -0.567. The number of rotatable bonds is 9. The standard InChI is InChI=1S/C23H37N3O4/c1-8-9-14-26(19(27)15-24-22(29)30-23(5,6)7)20(21(28)25-16(2)3)18-13-11-10-12-17(18)4/h10-13,16,20H,8-9,14-15H2,1-7H3,(H,24,29)(H,25,28). The van der Waals surface area contributed by atoms with Crippen LogP contribution in [0.4, 0.5) is 4.79 Å². The van der Waals surface area contributed by atoms with Gasteiger partial charge in [-0.3, -0.25) is 9.59 Å². The Morgan fingerprint density at radius 1 is 1.13 bits per heavy atom. The number of hydrogen-bond donors (Lipinski definition) is 2. The van der Waals surface area contributed by atoms with Crippen molar-refractivity contribution in [2.75, 3.05) is 13.1 Å². The molecule has 30 heavy (non-hydrogen) atoms. The number of nitrogens with one attached hydrogen (secondary N) is 2. The Hall–Kier alpha value is -2.57. The molecule has 7 heteroatoms. The highest BCUT2D eigenvalue weighted by Crippen LogP contribution is 2.25. The molecule has 0 saturated carbocycles. The van der Waals surface area contributed by atoms with Crippen LogP contribution < -0.4 is 10.6 Å². The number of amides is 3. The number of carbonyl (C=O) groups excluding carboxylic acids is 3. The molecule has 0 fully saturated rings. The quantitative estimate of drug-likeness (QED) is 0.639. The van der Waals surface area contributed by atoms with Crippen LogP contribution in [0, 0.1) is 6.92 Å². The summed E-state index contributed by atoms with van der Waals surface area (Å²) in [6, 6.07) is 6.72. The van der Waals surface area contributed by atoms with Crippen molar-refractivity contribution in [2.24, 2.45) is 0 Å². The molecular weight excluding hydrogens is 382 g/mol. The summed E-state index contributed by atoms with van der Waals surface area (Å²) in [6.45, 7) is 13.2. The number of nitrogens with zero attached hydrogens (tertiary/aromatic N) is 1. The molecule has 2 N–H and O–H groups in total. The fourth-order valence-electron chi connectivity index (χ4n) is 3.00. The van der Waals surface area contributed by atoms with Crippen molar-refractivity contribution in [3.05, 3.63) is 35.4 Å². The van der Waals surface area contributed by atoms with Gasteiger partial charge in [0, 0.05) is 12.6 Å². The van der Waals surface area contributed by atoms with Crippen molar-refractivity contribution in [3.8, 4) is 0 Å². The van der Waals surface area contributed by atoms with Gasteiger partial charge in [0.2, 0.25) is 11.8 Å². The maximum Gasteiger partial charge on any atom is 0.408 e. The van der Waals surface area contributed by atoms with Gasteiger partial charge in [-0.25, -0.2) is 4.79 Å². The van der Waals surface area contributed by atoms with E-state index >= 15 is 0 Å². The van der Waals surface area contributed by atoms with E-state index in [-0.39, 0.29) is 24.4 Å². The number of alkyl carbamates (subject to hydrolysis) is 1. The number of hydrogen-bond acceptors (Lipinski definition) is 4. The van der Waals surface area contributed by atoms with Gasteiger partial charge in [-0.2, -0.15) is 0 Å². The zero-order chi connectivity index (χ0) is 22.9. The fraction of sp³-hybridized carbons (Fsp3) is 0.609. The monoisotopic (exact) mass is 419 g/mol. The van der Waals surface area contributed by atoms with Gasteiger partial charge in [0.1, 0.15) is 18.2 Å². The highest BCUT2D eigenvalue weighted by atomic mass is 16.6. The van der Waals surface area contributed by atoms with Crippen LogP contribution in [-0.2, 0) is 14.3 Å². The molecule has 0 radical (unpaired) electrons. The average Bonchev–Trinajstić information content (AvgIpc) is 2.62. The minimum atomic E-state index is -0.770. The summed E-state index contributed by atoms with van der Waals surface area (Å²) < 4.78 is 5.21. The van der Waals surface area contributed by atoms with Crippen molar-refractivity contribution >= 4 is 17.9 Å². The van der Waals surface area contributed by atoms with Gasteiger partial charge in [-0.15, -0.1) is 0 Å². The SMILES string of the molecule is CCCCN(C(=O)CNC(=O)OC(C)(C)C)C(C(=O)NC(C)C)c1ccccc1C. The van der Waals surface area contributed by atoms with E-state index in [2.05, 4.69) is 10.6 Å². The molecule has 0 aliphatic carbocycles. The molecule has 168 valence electrons. The maximum atomic E-state index is 13.1. The molecule has 1 rings (SSSR count). The van der Waals surface area contributed by atoms with E-state index in [0.717, 1.165) is 24.0 Å². The van der Waals surface area contributed by atoms with Gasteiger partial charge in [-0.1, -0.05) is 37.6 Å². The summed E-state index contributed by atoms with van der Waals surface area (Å²) in [4.78, 5) is 39.8. The van der Waals surface area contributed by atoms with Crippen molar-refractivity contribution < 1.29 is 19.1 Å². The largest absolute Gasteiger partial charge is 0.444 e. The molecule has 0 aliphatic heterocycles. The minimum absolute atomic E-state index is 0.0629. The molecule has 0 heterocycles. The summed E-state index contributed by atoms with van der Waals surface area (Å²) in [6.07, 6.45) is 0.954. The molecule has 0 bridgehead atoms. The average molecular weight is 420 g/mol. The first-order valence-corrected chi connectivity index (χ1v) is 10.6. The highest BCUT2D eigenvalue weighted by molar-refractivity contribution is 5.90. The van der Waals surface area contributed by atoms with Crippen LogP contribution in [0.5, 0.6) is 0 Å². The second-order valence-electron chi connectivity index (χ2n) is 8.72. The van der Waals surface area contributed by atoms with E-state index in [1.807, 2.05) is 52.0 Å². The first-order valence-electron chi connectivity index (χ1n) is 10.6. The highest BCUT2D eigenvalue weighted by Gasteiger charge is 2.32. The van der Waals surface area contributed by atoms with Crippen LogP contribution in [0.15, 0.2) is 24.3 Å². The molecule has 1 aromatic rings. The predicted molar refractivity (Wildman–Crippen MR) is 118 cm³/mol. The van der Waals surface area contributed by atoms with E-state index in [0.29, 0.717) is 6.54 Å². The lowest BCUT2D eigenvalue weighted by atomic mass is 9.98. The van der Waals surface area contributed by atoms with Gasteiger partial charge in [0.25, 0.3) is 0 Å². The Balaban J connectivity index is 3.16. The lowest BCUT2D eigenvalue weighted by Crippen LogP contribution is -2.49. The molecule has 0 saturated heterocycles. The van der Waals surface area contributed by atoms with Crippen LogP contribution in [0.1, 0.15) is 71.6 Å². The van der Waals surface area contributed by atoms with E-state index in [1.165, 1.54) is 0 Å². The number of unbranched alkanes of at least 4 members (excludes halogenated alkanes) is 1. The minimum Gasteiger partial charge on any atom is -0.444 e. The molecule has 3 amide bonds. The van der Waals surface area contributed by atoms with E-state index in [1.54, 1.807) is 25.7 Å². The van der Waals surface area contributed by atoms with Gasteiger partial charge in [-0.05, 0) is 59.1 Å². The molecule has 0 aromatic heterocycles. The van der Waals surface area contributed by atoms with Crippen molar-refractivity contribution in [1.29, 1.82) is 0 Å². The third-order valence-corrected chi connectivity index (χ3v) is 4.33. The number of aryl methyl sites for hydroxylation is 1. The van der Waals surface area contributed by atoms with E-state index < -0.39 is 17.7 Å². The third kappa shape index (κ3) is 8.43. The van der Waals surface area contributed by atoms with Crippen LogP contribution in [0.2, 0.25) is 0 Å². The molecule has 1 atom stereocenters. The summed E-state index contributed by atoms with van der Waals surface area (Å²) in [5.41, 5.74) is 1.05. The van der Waals surface area contributed by atoms with Gasteiger partial charge in [0.15, 0.2) is 0 Å². The zero-order valence-corrected chi connectivity index (χ0v) is 19.4. The third-order valence-electron chi connectivity index (χ3n) is 4.33. The van der Waals surface area contributed by atoms with Gasteiger partial charge in [0.05, 0.1) is 0 Å². The molecular formula is C23H37N3O4. The Labute approximate surface area is 180 Å². The number of ether oxygens (including phenoxy) is 1. The summed E-state index contributed by atoms with van der Waals surface area (Å²) >= 11 is 0. The zero-order valence-electron chi connectivity index (χ0n) is 19.4. The van der Waals surface area contributed by atoms with E-state index in [4.69, 9.17) is 4.74 Å². The Morgan fingerprint density at radius 3 is 2.30 bits per heavy atom. The molecule has 0 spiro atoms. The lowest BCUT2D eigenvalue weighted by molar-refractivity contribution is -0.140. The topological polar surface area (TPSA) is 87.7 Å². The van der Waals surface area contributed by atoms with Crippen LogP contribution >= 0.6 is 0 Å². The second kappa shape index (κ2) is 11.6. The van der Waals surface area contributed by atoms with Crippen molar-refractivity contribution in [1.82, 2.24) is 15.5 Å². The van der Waals surface area contributed by atoms with Gasteiger partial charge < -0.3 is 20.3 Å². The first kappa shape index (κ1) is 25.5. The fourth-order valence-corrected chi connectivity index (χ4v) is 3.00. The molecule has 1 aromatic carbocycles. The molecule has 1 unspecified atom stereocenters.